The molecule has 0 spiro atoms. The summed E-state index contributed by atoms with van der Waals surface area (Å²) in [5, 5.41) is 9.66. The molecule has 0 aliphatic carbocycles. The standard InChI is InChI=1S/C23H36O3/c1-6-10-21(24)17-20(5)12-9-11-19(4)14-15-22(18(2)3)26-23-13-7-8-16-25-23/h11,17,21-24H,2,7-9,12-16H2,1,3-5H3/b19-11+,20-17+. The van der Waals surface area contributed by atoms with Gasteiger partial charge in [0.15, 0.2) is 6.29 Å². The van der Waals surface area contributed by atoms with Gasteiger partial charge in [-0.05, 0) is 78.7 Å². The maximum absolute atomic E-state index is 9.66. The number of rotatable bonds is 10. The molecular weight excluding hydrogens is 324 g/mol. The highest BCUT2D eigenvalue weighted by Crippen LogP contribution is 2.22. The zero-order valence-electron chi connectivity index (χ0n) is 17.0. The third-order valence-corrected chi connectivity index (χ3v) is 4.57. The summed E-state index contributed by atoms with van der Waals surface area (Å²) in [7, 11) is 0. The highest BCUT2D eigenvalue weighted by atomic mass is 16.7. The molecule has 1 saturated heterocycles. The van der Waals surface area contributed by atoms with Gasteiger partial charge in [0.2, 0.25) is 0 Å². The molecule has 26 heavy (non-hydrogen) atoms. The summed E-state index contributed by atoms with van der Waals surface area (Å²) in [5.41, 5.74) is 3.60. The van der Waals surface area contributed by atoms with E-state index in [1.54, 1.807) is 6.92 Å². The molecule has 1 N–H and O–H groups in total. The molecule has 3 nitrogen and oxygen atoms in total. The van der Waals surface area contributed by atoms with Gasteiger partial charge in [-0.2, -0.15) is 0 Å². The van der Waals surface area contributed by atoms with E-state index in [0.29, 0.717) is 0 Å². The molecule has 0 aromatic heterocycles. The van der Waals surface area contributed by atoms with Crippen LogP contribution in [0.4, 0.5) is 0 Å². The second-order valence-corrected chi connectivity index (χ2v) is 7.25. The first-order valence-electron chi connectivity index (χ1n) is 9.78. The van der Waals surface area contributed by atoms with Crippen LogP contribution in [-0.4, -0.2) is 30.2 Å². The van der Waals surface area contributed by atoms with Crippen molar-refractivity contribution in [1.29, 1.82) is 0 Å². The van der Waals surface area contributed by atoms with Crippen LogP contribution in [0.2, 0.25) is 0 Å². The number of allylic oxidation sites excluding steroid dienone is 3. The molecule has 0 aromatic rings. The minimum atomic E-state index is -0.652. The highest BCUT2D eigenvalue weighted by molar-refractivity contribution is 5.15. The topological polar surface area (TPSA) is 38.7 Å². The molecule has 0 saturated carbocycles. The fraction of sp³-hybridized carbons (Fsp3) is 0.652. The largest absolute Gasteiger partial charge is 0.377 e. The fourth-order valence-electron chi connectivity index (χ4n) is 2.98. The Kier molecular flexibility index (Phi) is 11.3. The van der Waals surface area contributed by atoms with Crippen LogP contribution in [0.5, 0.6) is 0 Å². The van der Waals surface area contributed by atoms with Gasteiger partial charge in [-0.25, -0.2) is 0 Å². The normalized spacial score (nSPS) is 20.9. The lowest BCUT2D eigenvalue weighted by Crippen LogP contribution is -2.28. The number of hydrogen-bond acceptors (Lipinski definition) is 3. The smallest absolute Gasteiger partial charge is 0.158 e. The van der Waals surface area contributed by atoms with E-state index in [1.165, 1.54) is 17.6 Å². The summed E-state index contributed by atoms with van der Waals surface area (Å²) < 4.78 is 11.8. The molecule has 1 fully saturated rings. The van der Waals surface area contributed by atoms with Crippen LogP contribution in [0.15, 0.2) is 35.5 Å². The van der Waals surface area contributed by atoms with Crippen molar-refractivity contribution < 1.29 is 14.6 Å². The van der Waals surface area contributed by atoms with Crippen LogP contribution < -0.4 is 0 Å². The lowest BCUT2D eigenvalue weighted by Gasteiger charge is -2.28. The Balaban J connectivity index is 2.38. The summed E-state index contributed by atoms with van der Waals surface area (Å²) in [6, 6.07) is 0. The van der Waals surface area contributed by atoms with Gasteiger partial charge >= 0.3 is 0 Å². The van der Waals surface area contributed by atoms with Crippen molar-refractivity contribution in [3.63, 3.8) is 0 Å². The van der Waals surface area contributed by atoms with Crippen LogP contribution in [0, 0.1) is 11.8 Å². The summed E-state index contributed by atoms with van der Waals surface area (Å²) >= 11 is 0. The zero-order chi connectivity index (χ0) is 19.4. The maximum Gasteiger partial charge on any atom is 0.158 e. The predicted octanol–water partition coefficient (Wildman–Crippen LogP) is 5.31. The van der Waals surface area contributed by atoms with Crippen molar-refractivity contribution in [3.8, 4) is 11.8 Å². The average Bonchev–Trinajstić information content (AvgIpc) is 2.59. The van der Waals surface area contributed by atoms with Crippen molar-refractivity contribution in [3.05, 3.63) is 35.5 Å². The minimum Gasteiger partial charge on any atom is -0.377 e. The number of hydrogen-bond donors (Lipinski definition) is 1. The molecule has 1 aliphatic heterocycles. The molecule has 1 heterocycles. The first-order valence-corrected chi connectivity index (χ1v) is 9.78. The van der Waals surface area contributed by atoms with Gasteiger partial charge in [-0.1, -0.05) is 35.3 Å². The number of ether oxygens (including phenoxy) is 2. The van der Waals surface area contributed by atoms with Gasteiger partial charge < -0.3 is 14.6 Å². The minimum absolute atomic E-state index is 0.0610. The van der Waals surface area contributed by atoms with E-state index in [4.69, 9.17) is 9.47 Å². The molecule has 0 bridgehead atoms. The molecule has 3 atom stereocenters. The van der Waals surface area contributed by atoms with E-state index < -0.39 is 6.10 Å². The summed E-state index contributed by atoms with van der Waals surface area (Å²) in [4.78, 5) is 0. The SMILES string of the molecule is C=C(C)C(CC/C(C)=C/CC/C(C)=C/C(O)C#CC)OC1CCCCO1. The van der Waals surface area contributed by atoms with E-state index in [2.05, 4.69) is 31.4 Å². The molecule has 1 rings (SSSR count). The summed E-state index contributed by atoms with van der Waals surface area (Å²) in [6.07, 6.45) is 10.6. The predicted molar refractivity (Wildman–Crippen MR) is 109 cm³/mol. The van der Waals surface area contributed by atoms with E-state index >= 15 is 0 Å². The van der Waals surface area contributed by atoms with Crippen molar-refractivity contribution in [1.82, 2.24) is 0 Å². The third kappa shape index (κ3) is 9.97. The Bertz CT molecular complexity index is 542. The Morgan fingerprint density at radius 1 is 1.27 bits per heavy atom. The van der Waals surface area contributed by atoms with Gasteiger partial charge in [0.25, 0.3) is 0 Å². The van der Waals surface area contributed by atoms with Gasteiger partial charge in [0, 0.05) is 6.61 Å². The van der Waals surface area contributed by atoms with Crippen LogP contribution in [0.25, 0.3) is 0 Å². The molecule has 0 radical (unpaired) electrons. The molecule has 3 unspecified atom stereocenters. The van der Waals surface area contributed by atoms with E-state index in [-0.39, 0.29) is 12.4 Å². The van der Waals surface area contributed by atoms with Crippen LogP contribution in [0.1, 0.15) is 72.6 Å². The summed E-state index contributed by atoms with van der Waals surface area (Å²) in [5.74, 6) is 5.46. The first-order chi connectivity index (χ1) is 12.4. The van der Waals surface area contributed by atoms with Crippen molar-refractivity contribution in [2.45, 2.75) is 91.1 Å². The van der Waals surface area contributed by atoms with Gasteiger partial charge in [0.05, 0.1) is 6.10 Å². The first kappa shape index (κ1) is 22.7. The number of aliphatic hydroxyl groups is 1. The highest BCUT2D eigenvalue weighted by Gasteiger charge is 2.20. The van der Waals surface area contributed by atoms with E-state index in [1.807, 2.05) is 19.9 Å². The Hall–Kier alpha value is -1.34. The third-order valence-electron chi connectivity index (χ3n) is 4.57. The molecule has 0 amide bonds. The van der Waals surface area contributed by atoms with Gasteiger partial charge in [-0.3, -0.25) is 0 Å². The quantitative estimate of drug-likeness (QED) is 0.424. The van der Waals surface area contributed by atoms with Gasteiger partial charge in [0.1, 0.15) is 6.10 Å². The second-order valence-electron chi connectivity index (χ2n) is 7.25. The van der Waals surface area contributed by atoms with Gasteiger partial charge in [-0.15, -0.1) is 5.92 Å². The lowest BCUT2D eigenvalue weighted by atomic mass is 10.0. The molecule has 146 valence electrons. The van der Waals surface area contributed by atoms with Crippen molar-refractivity contribution >= 4 is 0 Å². The molecule has 1 aliphatic rings. The number of aliphatic hydroxyl groups excluding tert-OH is 1. The van der Waals surface area contributed by atoms with Crippen LogP contribution in [-0.2, 0) is 9.47 Å². The fourth-order valence-corrected chi connectivity index (χ4v) is 2.98. The lowest BCUT2D eigenvalue weighted by molar-refractivity contribution is -0.181. The molecular formula is C23H36O3. The Morgan fingerprint density at radius 2 is 2.04 bits per heavy atom. The average molecular weight is 361 g/mol. The zero-order valence-corrected chi connectivity index (χ0v) is 17.0. The Labute approximate surface area is 160 Å². The van der Waals surface area contributed by atoms with Crippen LogP contribution >= 0.6 is 0 Å². The van der Waals surface area contributed by atoms with E-state index in [0.717, 1.165) is 50.7 Å². The molecule has 0 aromatic carbocycles. The molecule has 3 heteroatoms. The van der Waals surface area contributed by atoms with E-state index in [9.17, 15) is 5.11 Å². The van der Waals surface area contributed by atoms with Crippen LogP contribution in [0.3, 0.4) is 0 Å². The second kappa shape index (κ2) is 12.9. The van der Waals surface area contributed by atoms with Crippen molar-refractivity contribution in [2.24, 2.45) is 0 Å². The van der Waals surface area contributed by atoms with Crippen molar-refractivity contribution in [2.75, 3.05) is 6.61 Å². The summed E-state index contributed by atoms with van der Waals surface area (Å²) in [6.45, 7) is 12.9. The Morgan fingerprint density at radius 3 is 2.65 bits per heavy atom. The maximum atomic E-state index is 9.66. The monoisotopic (exact) mass is 360 g/mol.